The van der Waals surface area contributed by atoms with Crippen molar-refractivity contribution < 1.29 is 4.39 Å². The number of benzene rings is 2. The van der Waals surface area contributed by atoms with Gasteiger partial charge in [0.1, 0.15) is 5.82 Å². The van der Waals surface area contributed by atoms with Crippen LogP contribution in [0.3, 0.4) is 0 Å². The lowest BCUT2D eigenvalue weighted by Crippen LogP contribution is -2.23. The molecule has 2 aromatic rings. The van der Waals surface area contributed by atoms with Gasteiger partial charge in [0, 0.05) is 10.0 Å². The zero-order valence-electron chi connectivity index (χ0n) is 11.4. The van der Waals surface area contributed by atoms with Gasteiger partial charge in [-0.3, -0.25) is 0 Å². The zero-order valence-corrected chi connectivity index (χ0v) is 13.7. The summed E-state index contributed by atoms with van der Waals surface area (Å²) in [7, 11) is 0. The number of rotatable bonds is 4. The molecule has 0 amide bonds. The molecular formula is C16H16BrClFN. The van der Waals surface area contributed by atoms with Crippen LogP contribution in [0.25, 0.3) is 0 Å². The Kier molecular flexibility index (Phi) is 5.19. The molecule has 0 fully saturated rings. The number of hydrogen-bond donors (Lipinski definition) is 1. The van der Waals surface area contributed by atoms with Crippen molar-refractivity contribution in [3.8, 4) is 0 Å². The summed E-state index contributed by atoms with van der Waals surface area (Å²) in [6, 6.07) is 10.9. The summed E-state index contributed by atoms with van der Waals surface area (Å²) >= 11 is 9.36. The molecule has 0 aromatic heterocycles. The van der Waals surface area contributed by atoms with Crippen LogP contribution in [-0.2, 0) is 0 Å². The largest absolute Gasteiger partial charge is 0.306 e. The lowest BCUT2D eigenvalue weighted by atomic mass is 9.94. The molecule has 1 unspecified atom stereocenters. The fourth-order valence-corrected chi connectivity index (χ4v) is 2.75. The molecule has 2 aromatic carbocycles. The summed E-state index contributed by atoms with van der Waals surface area (Å²) in [5, 5.41) is 3.84. The topological polar surface area (TPSA) is 12.0 Å². The first-order valence-corrected chi connectivity index (χ1v) is 7.65. The van der Waals surface area contributed by atoms with Crippen molar-refractivity contribution in [3.05, 3.63) is 68.4 Å². The van der Waals surface area contributed by atoms with Crippen LogP contribution in [-0.4, -0.2) is 6.54 Å². The molecule has 1 atom stereocenters. The maximum atomic E-state index is 14.3. The van der Waals surface area contributed by atoms with E-state index in [9.17, 15) is 4.39 Å². The van der Waals surface area contributed by atoms with Crippen LogP contribution in [0.2, 0.25) is 5.02 Å². The summed E-state index contributed by atoms with van der Waals surface area (Å²) in [5.74, 6) is -0.268. The van der Waals surface area contributed by atoms with Crippen LogP contribution < -0.4 is 5.32 Å². The van der Waals surface area contributed by atoms with Crippen molar-refractivity contribution in [2.45, 2.75) is 19.9 Å². The highest BCUT2D eigenvalue weighted by Gasteiger charge is 2.20. The van der Waals surface area contributed by atoms with Gasteiger partial charge in [-0.2, -0.15) is 0 Å². The molecule has 0 saturated heterocycles. The van der Waals surface area contributed by atoms with E-state index in [4.69, 9.17) is 11.6 Å². The number of nitrogens with one attached hydrogen (secondary N) is 1. The quantitative estimate of drug-likeness (QED) is 0.738. The van der Waals surface area contributed by atoms with Gasteiger partial charge in [-0.15, -0.1) is 0 Å². The lowest BCUT2D eigenvalue weighted by molar-refractivity contribution is 0.557. The van der Waals surface area contributed by atoms with Crippen molar-refractivity contribution in [3.63, 3.8) is 0 Å². The van der Waals surface area contributed by atoms with Crippen molar-refractivity contribution in [2.24, 2.45) is 0 Å². The molecule has 1 N–H and O–H groups in total. The van der Waals surface area contributed by atoms with E-state index in [0.29, 0.717) is 15.1 Å². The number of aryl methyl sites for hydroxylation is 1. The molecule has 0 aliphatic heterocycles. The van der Waals surface area contributed by atoms with E-state index in [1.807, 2.05) is 38.1 Å². The normalized spacial score (nSPS) is 12.4. The van der Waals surface area contributed by atoms with Gasteiger partial charge in [0.15, 0.2) is 0 Å². The van der Waals surface area contributed by atoms with Crippen LogP contribution in [0.4, 0.5) is 4.39 Å². The average molecular weight is 357 g/mol. The van der Waals surface area contributed by atoms with E-state index in [1.165, 1.54) is 6.07 Å². The van der Waals surface area contributed by atoms with Crippen LogP contribution in [0.5, 0.6) is 0 Å². The summed E-state index contributed by atoms with van der Waals surface area (Å²) in [6.07, 6.45) is 0. The molecule has 106 valence electrons. The Morgan fingerprint density at radius 1 is 1.25 bits per heavy atom. The highest BCUT2D eigenvalue weighted by atomic mass is 79.9. The van der Waals surface area contributed by atoms with Gasteiger partial charge in [0.05, 0.1) is 11.1 Å². The van der Waals surface area contributed by atoms with Crippen molar-refractivity contribution in [1.29, 1.82) is 0 Å². The van der Waals surface area contributed by atoms with Gasteiger partial charge < -0.3 is 5.32 Å². The van der Waals surface area contributed by atoms with E-state index in [-0.39, 0.29) is 11.9 Å². The van der Waals surface area contributed by atoms with E-state index < -0.39 is 0 Å². The minimum atomic E-state index is -0.268. The first-order valence-electron chi connectivity index (χ1n) is 6.48. The predicted octanol–water partition coefficient (Wildman–Crippen LogP) is 5.25. The Hall–Kier alpha value is -0.900. The zero-order chi connectivity index (χ0) is 14.7. The third kappa shape index (κ3) is 3.22. The highest BCUT2D eigenvalue weighted by molar-refractivity contribution is 9.10. The van der Waals surface area contributed by atoms with Gasteiger partial charge in [-0.05, 0) is 52.7 Å². The average Bonchev–Trinajstić information content (AvgIpc) is 2.42. The summed E-state index contributed by atoms with van der Waals surface area (Å²) in [6.45, 7) is 4.77. The van der Waals surface area contributed by atoms with Gasteiger partial charge in [-0.25, -0.2) is 4.39 Å². The van der Waals surface area contributed by atoms with Crippen LogP contribution in [0.1, 0.15) is 29.7 Å². The van der Waals surface area contributed by atoms with E-state index >= 15 is 0 Å². The molecule has 0 bridgehead atoms. The van der Waals surface area contributed by atoms with Gasteiger partial charge in [-0.1, -0.05) is 42.8 Å². The fourth-order valence-electron chi connectivity index (χ4n) is 2.26. The summed E-state index contributed by atoms with van der Waals surface area (Å²) in [5.41, 5.74) is 2.75. The smallest absolute Gasteiger partial charge is 0.129 e. The second kappa shape index (κ2) is 6.70. The van der Waals surface area contributed by atoms with Crippen LogP contribution in [0.15, 0.2) is 40.9 Å². The molecular weight excluding hydrogens is 341 g/mol. The first kappa shape index (κ1) is 15.5. The molecule has 0 saturated carbocycles. The summed E-state index contributed by atoms with van der Waals surface area (Å²) in [4.78, 5) is 0. The predicted molar refractivity (Wildman–Crippen MR) is 85.8 cm³/mol. The molecule has 4 heteroatoms. The Morgan fingerprint density at radius 2 is 1.95 bits per heavy atom. The second-order valence-electron chi connectivity index (χ2n) is 4.64. The van der Waals surface area contributed by atoms with E-state index in [2.05, 4.69) is 21.2 Å². The minimum absolute atomic E-state index is 0.202. The van der Waals surface area contributed by atoms with E-state index in [0.717, 1.165) is 17.7 Å². The first-order chi connectivity index (χ1) is 9.54. The molecule has 0 aliphatic rings. The Bertz CT molecular complexity index is 615. The maximum Gasteiger partial charge on any atom is 0.129 e. The molecule has 0 radical (unpaired) electrons. The molecule has 0 spiro atoms. The van der Waals surface area contributed by atoms with Crippen LogP contribution >= 0.6 is 27.5 Å². The monoisotopic (exact) mass is 355 g/mol. The second-order valence-corrected chi connectivity index (χ2v) is 5.90. The molecule has 0 heterocycles. The Morgan fingerprint density at radius 3 is 2.60 bits per heavy atom. The van der Waals surface area contributed by atoms with Crippen molar-refractivity contribution >= 4 is 27.5 Å². The lowest BCUT2D eigenvalue weighted by Gasteiger charge is -2.22. The molecule has 0 aliphatic carbocycles. The van der Waals surface area contributed by atoms with Crippen molar-refractivity contribution in [2.75, 3.05) is 6.54 Å². The Labute approximate surface area is 132 Å². The minimum Gasteiger partial charge on any atom is -0.306 e. The van der Waals surface area contributed by atoms with E-state index in [1.54, 1.807) is 6.07 Å². The highest BCUT2D eigenvalue weighted by Crippen LogP contribution is 2.32. The van der Waals surface area contributed by atoms with Gasteiger partial charge in [0.2, 0.25) is 0 Å². The third-order valence-electron chi connectivity index (χ3n) is 3.26. The molecule has 20 heavy (non-hydrogen) atoms. The summed E-state index contributed by atoms with van der Waals surface area (Å²) < 4.78 is 14.9. The van der Waals surface area contributed by atoms with Crippen molar-refractivity contribution in [1.82, 2.24) is 5.32 Å². The maximum absolute atomic E-state index is 14.3. The fraction of sp³-hybridized carbons (Fsp3) is 0.250. The Balaban J connectivity index is 2.54. The molecule has 1 nitrogen and oxygen atoms in total. The third-order valence-corrected chi connectivity index (χ3v) is 4.46. The number of hydrogen-bond acceptors (Lipinski definition) is 1. The standard InChI is InChI=1S/C16H16BrClFN/c1-3-20-16(11-7-5-4-6-10(11)2)12-8-14(18)13(17)9-15(12)19/h4-9,16,20H,3H2,1-2H3. The van der Waals surface area contributed by atoms with Gasteiger partial charge >= 0.3 is 0 Å². The molecule has 2 rings (SSSR count). The SMILES string of the molecule is CCNC(c1ccccc1C)c1cc(Cl)c(Br)cc1F. The van der Waals surface area contributed by atoms with Gasteiger partial charge in [0.25, 0.3) is 0 Å². The number of halogens is 3. The van der Waals surface area contributed by atoms with Crippen LogP contribution in [0, 0.1) is 12.7 Å².